The van der Waals surface area contributed by atoms with Crippen LogP contribution in [0.3, 0.4) is 0 Å². The summed E-state index contributed by atoms with van der Waals surface area (Å²) in [7, 11) is 3.27. The van der Waals surface area contributed by atoms with Crippen LogP contribution in [-0.2, 0) is 13.1 Å². The first-order valence-electron chi connectivity index (χ1n) is 8.55. The highest BCUT2D eigenvalue weighted by molar-refractivity contribution is 5.97. The summed E-state index contributed by atoms with van der Waals surface area (Å²) in [6.45, 7) is 3.09. The highest BCUT2D eigenvalue weighted by atomic mass is 16.5. The maximum atomic E-state index is 12.9. The van der Waals surface area contributed by atoms with Crippen molar-refractivity contribution in [1.29, 1.82) is 0 Å². The molecule has 0 aliphatic carbocycles. The number of fused-ring (bicyclic) bond motifs is 1. The maximum Gasteiger partial charge on any atom is 0.259 e. The summed E-state index contributed by atoms with van der Waals surface area (Å²) in [6, 6.07) is 15.1. The van der Waals surface area contributed by atoms with Crippen molar-refractivity contribution in [2.24, 2.45) is 0 Å². The summed E-state index contributed by atoms with van der Waals surface area (Å²) in [6.07, 6.45) is 1.65. The van der Waals surface area contributed by atoms with Crippen LogP contribution in [-0.4, -0.2) is 29.5 Å². The number of hydrogen-bond donors (Lipinski definition) is 0. The third kappa shape index (κ3) is 3.33. The Balaban J connectivity index is 2.04. The molecule has 1 aromatic heterocycles. The Morgan fingerprint density at radius 1 is 1.15 bits per heavy atom. The summed E-state index contributed by atoms with van der Waals surface area (Å²) in [5, 5.41) is 0.491. The van der Waals surface area contributed by atoms with E-state index < -0.39 is 0 Å². The van der Waals surface area contributed by atoms with Gasteiger partial charge in [0.1, 0.15) is 11.3 Å². The molecule has 5 nitrogen and oxygen atoms in total. The van der Waals surface area contributed by atoms with E-state index in [4.69, 9.17) is 4.74 Å². The molecular formula is C21H22N2O3. The third-order valence-electron chi connectivity index (χ3n) is 4.47. The quantitative estimate of drug-likeness (QED) is 0.709. The summed E-state index contributed by atoms with van der Waals surface area (Å²) < 4.78 is 7.15. The fraction of sp³-hybridized carbons (Fsp3) is 0.238. The molecule has 0 fully saturated rings. The van der Waals surface area contributed by atoms with Gasteiger partial charge in [-0.1, -0.05) is 30.3 Å². The van der Waals surface area contributed by atoms with Gasteiger partial charge in [0.05, 0.1) is 18.0 Å². The number of rotatable bonds is 5. The average Bonchev–Trinajstić information content (AvgIpc) is 2.68. The van der Waals surface area contributed by atoms with Gasteiger partial charge in [-0.25, -0.2) is 0 Å². The Morgan fingerprint density at radius 3 is 2.54 bits per heavy atom. The molecule has 0 radical (unpaired) electrons. The molecule has 134 valence electrons. The summed E-state index contributed by atoms with van der Waals surface area (Å²) >= 11 is 0. The van der Waals surface area contributed by atoms with Gasteiger partial charge < -0.3 is 14.2 Å². The predicted octanol–water partition coefficient (Wildman–Crippen LogP) is 3.30. The van der Waals surface area contributed by atoms with Crippen molar-refractivity contribution in [3.05, 3.63) is 76.1 Å². The lowest BCUT2D eigenvalue weighted by atomic mass is 10.1. The Hall–Kier alpha value is -3.08. The lowest BCUT2D eigenvalue weighted by molar-refractivity contribution is 0.0783. The van der Waals surface area contributed by atoms with E-state index in [1.807, 2.05) is 54.0 Å². The molecule has 0 saturated heterocycles. The molecule has 0 aliphatic rings. The van der Waals surface area contributed by atoms with Crippen LogP contribution in [0.5, 0.6) is 5.75 Å². The number of amides is 1. The normalized spacial score (nSPS) is 10.7. The summed E-state index contributed by atoms with van der Waals surface area (Å²) in [5.41, 5.74) is 1.71. The van der Waals surface area contributed by atoms with E-state index in [0.717, 1.165) is 11.1 Å². The standard InChI is InChI=1S/C21H22N2O3/c1-4-23-14-18(20(24)17-12-16(26-3)10-11-19(17)23)21(25)22(2)13-15-8-6-5-7-9-15/h5-12,14H,4,13H2,1-3H3. The number of aryl methyl sites for hydroxylation is 1. The van der Waals surface area contributed by atoms with E-state index >= 15 is 0 Å². The number of nitrogens with zero attached hydrogens (tertiary/aromatic N) is 2. The minimum Gasteiger partial charge on any atom is -0.497 e. The van der Waals surface area contributed by atoms with Crippen LogP contribution in [0.4, 0.5) is 0 Å². The van der Waals surface area contributed by atoms with Crippen LogP contribution in [0.25, 0.3) is 10.9 Å². The third-order valence-corrected chi connectivity index (χ3v) is 4.47. The van der Waals surface area contributed by atoms with Crippen LogP contribution >= 0.6 is 0 Å². The molecule has 5 heteroatoms. The van der Waals surface area contributed by atoms with Gasteiger partial charge in [-0.15, -0.1) is 0 Å². The molecular weight excluding hydrogens is 328 g/mol. The van der Waals surface area contributed by atoms with Crippen molar-refractivity contribution in [2.75, 3.05) is 14.2 Å². The Morgan fingerprint density at radius 2 is 1.88 bits per heavy atom. The van der Waals surface area contributed by atoms with Gasteiger partial charge in [0, 0.05) is 26.3 Å². The molecule has 26 heavy (non-hydrogen) atoms. The van der Waals surface area contributed by atoms with Crippen LogP contribution in [0.15, 0.2) is 59.5 Å². The minimum atomic E-state index is -0.286. The van der Waals surface area contributed by atoms with Crippen molar-refractivity contribution >= 4 is 16.8 Å². The second-order valence-electron chi connectivity index (χ2n) is 6.19. The fourth-order valence-electron chi connectivity index (χ4n) is 3.05. The van der Waals surface area contributed by atoms with Gasteiger partial charge in [0.2, 0.25) is 5.43 Å². The number of hydrogen-bond acceptors (Lipinski definition) is 3. The topological polar surface area (TPSA) is 51.5 Å². The minimum absolute atomic E-state index is 0.172. The maximum absolute atomic E-state index is 12.9. The molecule has 0 saturated carbocycles. The van der Waals surface area contributed by atoms with Gasteiger partial charge in [-0.05, 0) is 30.7 Å². The molecule has 3 rings (SSSR count). The first-order chi connectivity index (χ1) is 12.5. The highest BCUT2D eigenvalue weighted by Crippen LogP contribution is 2.19. The summed E-state index contributed by atoms with van der Waals surface area (Å²) in [5.74, 6) is 0.310. The largest absolute Gasteiger partial charge is 0.497 e. The lowest BCUT2D eigenvalue weighted by Crippen LogP contribution is -2.31. The molecule has 2 aromatic carbocycles. The zero-order chi connectivity index (χ0) is 18.7. The number of aromatic nitrogens is 1. The van der Waals surface area contributed by atoms with E-state index in [-0.39, 0.29) is 16.9 Å². The van der Waals surface area contributed by atoms with Gasteiger partial charge in [0.25, 0.3) is 5.91 Å². The van der Waals surface area contributed by atoms with Crippen LogP contribution in [0, 0.1) is 0 Å². The van der Waals surface area contributed by atoms with Crippen LogP contribution < -0.4 is 10.2 Å². The Bertz CT molecular complexity index is 993. The zero-order valence-corrected chi connectivity index (χ0v) is 15.2. The van der Waals surface area contributed by atoms with E-state index in [2.05, 4.69) is 0 Å². The van der Waals surface area contributed by atoms with Crippen molar-refractivity contribution in [3.63, 3.8) is 0 Å². The van der Waals surface area contributed by atoms with Crippen molar-refractivity contribution in [3.8, 4) is 5.75 Å². The molecule has 1 amide bonds. The number of methoxy groups -OCH3 is 1. The molecule has 1 heterocycles. The van der Waals surface area contributed by atoms with Crippen molar-refractivity contribution in [2.45, 2.75) is 20.0 Å². The molecule has 0 N–H and O–H groups in total. The molecule has 0 atom stereocenters. The van der Waals surface area contributed by atoms with Crippen molar-refractivity contribution < 1.29 is 9.53 Å². The smallest absolute Gasteiger partial charge is 0.259 e. The van der Waals surface area contributed by atoms with Crippen molar-refractivity contribution in [1.82, 2.24) is 9.47 Å². The second-order valence-corrected chi connectivity index (χ2v) is 6.19. The van der Waals surface area contributed by atoms with Crippen LogP contribution in [0.2, 0.25) is 0 Å². The average molecular weight is 350 g/mol. The van der Waals surface area contributed by atoms with E-state index in [9.17, 15) is 9.59 Å². The zero-order valence-electron chi connectivity index (χ0n) is 15.2. The number of carbonyl (C=O) groups excluding carboxylic acids is 1. The van der Waals surface area contributed by atoms with E-state index in [1.165, 1.54) is 0 Å². The SMILES string of the molecule is CCn1cc(C(=O)N(C)Cc2ccccc2)c(=O)c2cc(OC)ccc21. The number of carbonyl (C=O) groups is 1. The Labute approximate surface area is 152 Å². The predicted molar refractivity (Wildman–Crippen MR) is 103 cm³/mol. The lowest BCUT2D eigenvalue weighted by Gasteiger charge is -2.19. The molecule has 0 bridgehead atoms. The number of benzene rings is 2. The fourth-order valence-corrected chi connectivity index (χ4v) is 3.05. The molecule has 3 aromatic rings. The van der Waals surface area contributed by atoms with Gasteiger partial charge in [0.15, 0.2) is 0 Å². The molecule has 0 unspecified atom stereocenters. The second kappa shape index (κ2) is 7.44. The number of ether oxygens (including phenoxy) is 1. The molecule has 0 spiro atoms. The monoisotopic (exact) mass is 350 g/mol. The summed E-state index contributed by atoms with van der Waals surface area (Å²) in [4.78, 5) is 27.4. The first-order valence-corrected chi connectivity index (χ1v) is 8.55. The van der Waals surface area contributed by atoms with Gasteiger partial charge in [-0.3, -0.25) is 9.59 Å². The van der Waals surface area contributed by atoms with Crippen LogP contribution in [0.1, 0.15) is 22.8 Å². The molecule has 0 aliphatic heterocycles. The highest BCUT2D eigenvalue weighted by Gasteiger charge is 2.19. The van der Waals surface area contributed by atoms with E-state index in [1.54, 1.807) is 31.3 Å². The first kappa shape index (κ1) is 17.7. The van der Waals surface area contributed by atoms with Gasteiger partial charge >= 0.3 is 0 Å². The van der Waals surface area contributed by atoms with E-state index in [0.29, 0.717) is 24.2 Å². The number of pyridine rings is 1. The van der Waals surface area contributed by atoms with Gasteiger partial charge in [-0.2, -0.15) is 0 Å². The Kier molecular flexibility index (Phi) is 5.07.